The van der Waals surface area contributed by atoms with Gasteiger partial charge in [0.25, 0.3) is 6.01 Å². The van der Waals surface area contributed by atoms with Gasteiger partial charge < -0.3 is 15.5 Å². The number of rotatable bonds is 3. The van der Waals surface area contributed by atoms with E-state index in [4.69, 9.17) is 10.2 Å². The van der Waals surface area contributed by atoms with E-state index >= 15 is 0 Å². The molecule has 2 heterocycles. The van der Waals surface area contributed by atoms with Crippen molar-refractivity contribution in [1.82, 2.24) is 4.98 Å². The maximum absolute atomic E-state index is 5.68. The van der Waals surface area contributed by atoms with Crippen LogP contribution in [0.2, 0.25) is 0 Å². The SMILES string of the molecule is Nc1ccc2nc(NCc3ccsc3)oc2c1. The van der Waals surface area contributed by atoms with Crippen LogP contribution in [0.1, 0.15) is 5.56 Å². The molecule has 0 aliphatic heterocycles. The summed E-state index contributed by atoms with van der Waals surface area (Å²) in [6.07, 6.45) is 0. The Bertz CT molecular complexity index is 630. The number of benzene rings is 1. The number of thiophene rings is 1. The number of nitrogens with one attached hydrogen (secondary N) is 1. The van der Waals surface area contributed by atoms with Gasteiger partial charge in [-0.25, -0.2) is 0 Å². The summed E-state index contributed by atoms with van der Waals surface area (Å²) in [6, 6.07) is 8.03. The van der Waals surface area contributed by atoms with Gasteiger partial charge in [-0.1, -0.05) is 0 Å². The molecule has 0 saturated heterocycles. The van der Waals surface area contributed by atoms with Gasteiger partial charge in [0, 0.05) is 18.3 Å². The van der Waals surface area contributed by atoms with E-state index in [9.17, 15) is 0 Å². The molecule has 4 nitrogen and oxygen atoms in total. The highest BCUT2D eigenvalue weighted by Gasteiger charge is 2.05. The number of nitrogens with zero attached hydrogens (tertiary/aromatic N) is 1. The molecule has 2 aromatic heterocycles. The van der Waals surface area contributed by atoms with Crippen molar-refractivity contribution in [3.05, 3.63) is 40.6 Å². The summed E-state index contributed by atoms with van der Waals surface area (Å²) in [5.41, 5.74) is 9.09. The van der Waals surface area contributed by atoms with E-state index in [1.807, 2.05) is 17.5 Å². The zero-order chi connectivity index (χ0) is 11.7. The standard InChI is InChI=1S/C12H11N3OS/c13-9-1-2-10-11(5-9)16-12(15-10)14-6-8-3-4-17-7-8/h1-5,7H,6,13H2,(H,14,15). The normalized spacial score (nSPS) is 10.8. The quantitative estimate of drug-likeness (QED) is 0.696. The van der Waals surface area contributed by atoms with Crippen LogP contribution in [0.15, 0.2) is 39.4 Å². The van der Waals surface area contributed by atoms with E-state index in [0.29, 0.717) is 23.8 Å². The largest absolute Gasteiger partial charge is 0.423 e. The molecule has 0 spiro atoms. The van der Waals surface area contributed by atoms with Gasteiger partial charge in [-0.3, -0.25) is 0 Å². The molecule has 0 aliphatic rings. The minimum atomic E-state index is 0.525. The van der Waals surface area contributed by atoms with Gasteiger partial charge in [0.1, 0.15) is 5.52 Å². The zero-order valence-corrected chi connectivity index (χ0v) is 9.83. The molecule has 86 valence electrons. The van der Waals surface area contributed by atoms with E-state index in [1.54, 1.807) is 17.4 Å². The molecule has 5 heteroatoms. The van der Waals surface area contributed by atoms with Crippen molar-refractivity contribution in [3.63, 3.8) is 0 Å². The third-order valence-corrected chi connectivity index (χ3v) is 3.17. The van der Waals surface area contributed by atoms with E-state index in [0.717, 1.165) is 5.52 Å². The average Bonchev–Trinajstić information content (AvgIpc) is 2.94. The molecule has 3 aromatic rings. The number of nitrogens with two attached hydrogens (primary N) is 1. The summed E-state index contributed by atoms with van der Waals surface area (Å²) in [4.78, 5) is 4.32. The van der Waals surface area contributed by atoms with Crippen molar-refractivity contribution in [2.24, 2.45) is 0 Å². The van der Waals surface area contributed by atoms with E-state index in [2.05, 4.69) is 21.7 Å². The minimum Gasteiger partial charge on any atom is -0.423 e. The van der Waals surface area contributed by atoms with Gasteiger partial charge in [0.2, 0.25) is 0 Å². The molecule has 0 fully saturated rings. The van der Waals surface area contributed by atoms with Crippen LogP contribution in [0, 0.1) is 0 Å². The van der Waals surface area contributed by atoms with Gasteiger partial charge in [-0.15, -0.1) is 0 Å². The number of anilines is 2. The Morgan fingerprint density at radius 1 is 1.35 bits per heavy atom. The Morgan fingerprint density at radius 3 is 3.12 bits per heavy atom. The Balaban J connectivity index is 1.81. The van der Waals surface area contributed by atoms with Crippen LogP contribution in [0.25, 0.3) is 11.1 Å². The molecular formula is C12H11N3OS. The van der Waals surface area contributed by atoms with Crippen molar-refractivity contribution in [2.45, 2.75) is 6.54 Å². The van der Waals surface area contributed by atoms with E-state index in [1.165, 1.54) is 5.56 Å². The third-order valence-electron chi connectivity index (χ3n) is 2.44. The van der Waals surface area contributed by atoms with E-state index < -0.39 is 0 Å². The molecule has 0 unspecified atom stereocenters. The van der Waals surface area contributed by atoms with Crippen molar-refractivity contribution in [3.8, 4) is 0 Å². The highest BCUT2D eigenvalue weighted by molar-refractivity contribution is 7.07. The molecule has 0 amide bonds. The molecule has 0 atom stereocenters. The van der Waals surface area contributed by atoms with Crippen LogP contribution >= 0.6 is 11.3 Å². The number of fused-ring (bicyclic) bond motifs is 1. The Kier molecular flexibility index (Phi) is 2.45. The summed E-state index contributed by atoms with van der Waals surface area (Å²) in [6.45, 7) is 0.714. The lowest BCUT2D eigenvalue weighted by atomic mass is 10.3. The second kappa shape index (κ2) is 4.10. The van der Waals surface area contributed by atoms with Crippen molar-refractivity contribution in [1.29, 1.82) is 0 Å². The van der Waals surface area contributed by atoms with Crippen LogP contribution in [-0.4, -0.2) is 4.98 Å². The molecule has 1 aromatic carbocycles. The molecule has 0 radical (unpaired) electrons. The molecule has 17 heavy (non-hydrogen) atoms. The molecule has 3 rings (SSSR count). The lowest BCUT2D eigenvalue weighted by Crippen LogP contribution is -1.97. The summed E-state index contributed by atoms with van der Waals surface area (Å²) >= 11 is 1.67. The fourth-order valence-corrected chi connectivity index (χ4v) is 2.26. The smallest absolute Gasteiger partial charge is 0.295 e. The van der Waals surface area contributed by atoms with Crippen LogP contribution < -0.4 is 11.1 Å². The fourth-order valence-electron chi connectivity index (χ4n) is 1.59. The summed E-state index contributed by atoms with van der Waals surface area (Å²) in [7, 11) is 0. The van der Waals surface area contributed by atoms with Gasteiger partial charge in [0.15, 0.2) is 5.58 Å². The summed E-state index contributed by atoms with van der Waals surface area (Å²) < 4.78 is 5.55. The third kappa shape index (κ3) is 2.09. The fraction of sp³-hybridized carbons (Fsp3) is 0.0833. The lowest BCUT2D eigenvalue weighted by Gasteiger charge is -1.97. The first-order valence-electron chi connectivity index (χ1n) is 5.22. The predicted molar refractivity (Wildman–Crippen MR) is 70.1 cm³/mol. The molecule has 0 bridgehead atoms. The maximum Gasteiger partial charge on any atom is 0.295 e. The summed E-state index contributed by atoms with van der Waals surface area (Å²) in [5, 5.41) is 7.28. The van der Waals surface area contributed by atoms with Crippen molar-refractivity contribution in [2.75, 3.05) is 11.1 Å². The van der Waals surface area contributed by atoms with Crippen molar-refractivity contribution >= 4 is 34.1 Å². The number of nitrogen functional groups attached to an aromatic ring is 1. The first kappa shape index (κ1) is 10.2. The van der Waals surface area contributed by atoms with Gasteiger partial charge in [-0.2, -0.15) is 16.3 Å². The van der Waals surface area contributed by atoms with Crippen LogP contribution in [0.5, 0.6) is 0 Å². The van der Waals surface area contributed by atoms with Crippen LogP contribution in [0.4, 0.5) is 11.7 Å². The lowest BCUT2D eigenvalue weighted by molar-refractivity contribution is 0.614. The first-order chi connectivity index (χ1) is 8.31. The Labute approximate surface area is 102 Å². The number of aromatic nitrogens is 1. The molecule has 0 saturated carbocycles. The minimum absolute atomic E-state index is 0.525. The van der Waals surface area contributed by atoms with Gasteiger partial charge in [-0.05, 0) is 34.5 Å². The Morgan fingerprint density at radius 2 is 2.29 bits per heavy atom. The molecular weight excluding hydrogens is 234 g/mol. The van der Waals surface area contributed by atoms with Gasteiger partial charge in [0.05, 0.1) is 0 Å². The Hall–Kier alpha value is -2.01. The van der Waals surface area contributed by atoms with Gasteiger partial charge >= 0.3 is 0 Å². The zero-order valence-electron chi connectivity index (χ0n) is 9.01. The second-order valence-corrected chi connectivity index (χ2v) is 4.51. The van der Waals surface area contributed by atoms with Crippen LogP contribution in [-0.2, 0) is 6.54 Å². The monoisotopic (exact) mass is 245 g/mol. The number of oxazole rings is 1. The van der Waals surface area contributed by atoms with Crippen molar-refractivity contribution < 1.29 is 4.42 Å². The highest BCUT2D eigenvalue weighted by Crippen LogP contribution is 2.21. The van der Waals surface area contributed by atoms with E-state index in [-0.39, 0.29) is 0 Å². The van der Waals surface area contributed by atoms with Crippen LogP contribution in [0.3, 0.4) is 0 Å². The topological polar surface area (TPSA) is 64.1 Å². The highest BCUT2D eigenvalue weighted by atomic mass is 32.1. The number of hydrogen-bond acceptors (Lipinski definition) is 5. The average molecular weight is 245 g/mol. The second-order valence-electron chi connectivity index (χ2n) is 3.73. The molecule has 0 aliphatic carbocycles. The summed E-state index contributed by atoms with van der Waals surface area (Å²) in [5.74, 6) is 0. The maximum atomic E-state index is 5.68. The first-order valence-corrected chi connectivity index (χ1v) is 6.16. The number of hydrogen-bond donors (Lipinski definition) is 2. The predicted octanol–water partition coefficient (Wildman–Crippen LogP) is 3.08. The molecule has 3 N–H and O–H groups in total.